The molecule has 0 fully saturated rings. The Hall–Kier alpha value is -1.36. The van der Waals surface area contributed by atoms with E-state index in [2.05, 4.69) is 21.2 Å². The van der Waals surface area contributed by atoms with E-state index in [9.17, 15) is 9.59 Å². The Balaban J connectivity index is 2.44. The standard InChI is InChI=1S/C15H20BrNO3/c1-15(2,3)20-14(19)17-9-8-12(10-18)11-4-6-13(16)7-5-11/h4-7,10,12H,8-9H2,1-3H3,(H,17,19)/t12-/m1/s1. The number of aldehydes is 1. The zero-order chi connectivity index (χ0) is 15.2. The van der Waals surface area contributed by atoms with Crippen molar-refractivity contribution in [3.05, 3.63) is 34.3 Å². The van der Waals surface area contributed by atoms with Crippen molar-refractivity contribution >= 4 is 28.3 Å². The van der Waals surface area contributed by atoms with Gasteiger partial charge in [0.25, 0.3) is 0 Å². The number of carbonyl (C=O) groups is 2. The highest BCUT2D eigenvalue weighted by atomic mass is 79.9. The first-order chi connectivity index (χ1) is 9.31. The second-order valence-electron chi connectivity index (χ2n) is 5.51. The Kier molecular flexibility index (Phi) is 6.20. The summed E-state index contributed by atoms with van der Waals surface area (Å²) in [6.45, 7) is 5.82. The van der Waals surface area contributed by atoms with Gasteiger partial charge in [0, 0.05) is 16.9 Å². The van der Waals surface area contributed by atoms with Gasteiger partial charge in [-0.1, -0.05) is 28.1 Å². The normalized spacial score (nSPS) is 12.6. The lowest BCUT2D eigenvalue weighted by atomic mass is 9.97. The molecule has 0 saturated carbocycles. The number of hydrogen-bond donors (Lipinski definition) is 1. The summed E-state index contributed by atoms with van der Waals surface area (Å²) >= 11 is 3.35. The van der Waals surface area contributed by atoms with Gasteiger partial charge in [0.15, 0.2) is 0 Å². The van der Waals surface area contributed by atoms with Gasteiger partial charge < -0.3 is 14.8 Å². The molecule has 1 aromatic carbocycles. The molecule has 0 aliphatic heterocycles. The van der Waals surface area contributed by atoms with E-state index in [4.69, 9.17) is 4.74 Å². The molecular formula is C15H20BrNO3. The number of nitrogens with one attached hydrogen (secondary N) is 1. The SMILES string of the molecule is CC(C)(C)OC(=O)NCC[C@H](C=O)c1ccc(Br)cc1. The molecule has 1 atom stereocenters. The molecule has 0 spiro atoms. The number of benzene rings is 1. The average Bonchev–Trinajstić information content (AvgIpc) is 2.34. The van der Waals surface area contributed by atoms with Gasteiger partial charge in [0.2, 0.25) is 0 Å². The van der Waals surface area contributed by atoms with E-state index >= 15 is 0 Å². The molecular weight excluding hydrogens is 322 g/mol. The highest BCUT2D eigenvalue weighted by molar-refractivity contribution is 9.10. The first-order valence-corrected chi connectivity index (χ1v) is 7.29. The van der Waals surface area contributed by atoms with Crippen LogP contribution in [0, 0.1) is 0 Å². The molecule has 110 valence electrons. The third kappa shape index (κ3) is 6.19. The molecule has 0 unspecified atom stereocenters. The molecule has 5 heteroatoms. The maximum absolute atomic E-state index is 11.5. The molecule has 1 aromatic rings. The van der Waals surface area contributed by atoms with Crippen LogP contribution >= 0.6 is 15.9 Å². The first kappa shape index (κ1) is 16.7. The summed E-state index contributed by atoms with van der Waals surface area (Å²) in [5.41, 5.74) is 0.425. The van der Waals surface area contributed by atoms with Crippen LogP contribution in [0.3, 0.4) is 0 Å². The van der Waals surface area contributed by atoms with E-state index < -0.39 is 11.7 Å². The Morgan fingerprint density at radius 1 is 1.35 bits per heavy atom. The number of ether oxygens (including phenoxy) is 1. The molecule has 1 N–H and O–H groups in total. The van der Waals surface area contributed by atoms with Gasteiger partial charge in [0.1, 0.15) is 11.9 Å². The predicted molar refractivity (Wildman–Crippen MR) is 81.8 cm³/mol. The van der Waals surface area contributed by atoms with Crippen LogP contribution in [0.4, 0.5) is 4.79 Å². The van der Waals surface area contributed by atoms with Crippen molar-refractivity contribution in [2.24, 2.45) is 0 Å². The van der Waals surface area contributed by atoms with Crippen molar-refractivity contribution in [2.75, 3.05) is 6.54 Å². The quantitative estimate of drug-likeness (QED) is 0.831. The predicted octanol–water partition coefficient (Wildman–Crippen LogP) is 3.65. The van der Waals surface area contributed by atoms with Crippen molar-refractivity contribution in [3.8, 4) is 0 Å². The van der Waals surface area contributed by atoms with E-state index in [0.717, 1.165) is 16.3 Å². The zero-order valence-corrected chi connectivity index (χ0v) is 13.6. The van der Waals surface area contributed by atoms with Crippen LogP contribution in [0.25, 0.3) is 0 Å². The van der Waals surface area contributed by atoms with Crippen molar-refractivity contribution < 1.29 is 14.3 Å². The van der Waals surface area contributed by atoms with Gasteiger partial charge in [-0.15, -0.1) is 0 Å². The molecule has 1 amide bonds. The minimum Gasteiger partial charge on any atom is -0.444 e. The average molecular weight is 342 g/mol. The van der Waals surface area contributed by atoms with E-state index in [0.29, 0.717) is 13.0 Å². The van der Waals surface area contributed by atoms with Gasteiger partial charge in [-0.3, -0.25) is 0 Å². The molecule has 0 aliphatic carbocycles. The largest absolute Gasteiger partial charge is 0.444 e. The van der Waals surface area contributed by atoms with E-state index in [1.54, 1.807) is 0 Å². The Labute approximate surface area is 128 Å². The second kappa shape index (κ2) is 7.43. The van der Waals surface area contributed by atoms with Crippen molar-refractivity contribution in [3.63, 3.8) is 0 Å². The lowest BCUT2D eigenvalue weighted by Crippen LogP contribution is -2.33. The van der Waals surface area contributed by atoms with Gasteiger partial charge in [0.05, 0.1) is 0 Å². The van der Waals surface area contributed by atoms with E-state index in [1.165, 1.54) is 0 Å². The lowest BCUT2D eigenvalue weighted by molar-refractivity contribution is -0.109. The topological polar surface area (TPSA) is 55.4 Å². The summed E-state index contributed by atoms with van der Waals surface area (Å²) < 4.78 is 6.10. The van der Waals surface area contributed by atoms with E-state index in [1.807, 2.05) is 45.0 Å². The molecule has 0 aromatic heterocycles. The summed E-state index contributed by atoms with van der Waals surface area (Å²) in [6.07, 6.45) is 0.989. The summed E-state index contributed by atoms with van der Waals surface area (Å²) in [6, 6.07) is 7.59. The Morgan fingerprint density at radius 3 is 2.45 bits per heavy atom. The number of alkyl carbamates (subject to hydrolysis) is 1. The molecule has 0 bridgehead atoms. The monoisotopic (exact) mass is 341 g/mol. The third-order valence-corrected chi connectivity index (χ3v) is 3.11. The lowest BCUT2D eigenvalue weighted by Gasteiger charge is -2.20. The fourth-order valence-corrected chi connectivity index (χ4v) is 1.93. The number of carbonyl (C=O) groups excluding carboxylic acids is 2. The molecule has 0 radical (unpaired) electrons. The number of halogens is 1. The highest BCUT2D eigenvalue weighted by Crippen LogP contribution is 2.19. The molecule has 0 aliphatic rings. The molecule has 20 heavy (non-hydrogen) atoms. The maximum atomic E-state index is 11.5. The maximum Gasteiger partial charge on any atom is 0.407 e. The third-order valence-electron chi connectivity index (χ3n) is 2.59. The zero-order valence-electron chi connectivity index (χ0n) is 12.0. The minimum absolute atomic E-state index is 0.224. The summed E-state index contributed by atoms with van der Waals surface area (Å²) in [4.78, 5) is 22.6. The summed E-state index contributed by atoms with van der Waals surface area (Å²) in [7, 11) is 0. The van der Waals surface area contributed by atoms with Crippen molar-refractivity contribution in [1.29, 1.82) is 0 Å². The number of rotatable bonds is 5. The van der Waals surface area contributed by atoms with Crippen molar-refractivity contribution in [2.45, 2.75) is 38.7 Å². The van der Waals surface area contributed by atoms with Crippen LogP contribution in [0.1, 0.15) is 38.7 Å². The molecule has 4 nitrogen and oxygen atoms in total. The van der Waals surface area contributed by atoms with Gasteiger partial charge in [-0.2, -0.15) is 0 Å². The van der Waals surface area contributed by atoms with Gasteiger partial charge in [-0.25, -0.2) is 4.79 Å². The molecule has 0 saturated heterocycles. The van der Waals surface area contributed by atoms with Crippen LogP contribution in [-0.2, 0) is 9.53 Å². The summed E-state index contributed by atoms with van der Waals surface area (Å²) in [5, 5.41) is 2.66. The second-order valence-corrected chi connectivity index (χ2v) is 6.43. The molecule has 0 heterocycles. The van der Waals surface area contributed by atoms with Crippen LogP contribution < -0.4 is 5.32 Å². The smallest absolute Gasteiger partial charge is 0.407 e. The fourth-order valence-electron chi connectivity index (χ4n) is 1.67. The Bertz CT molecular complexity index is 451. The molecule has 1 rings (SSSR count). The minimum atomic E-state index is -0.514. The van der Waals surface area contributed by atoms with Crippen LogP contribution in [0.15, 0.2) is 28.7 Å². The van der Waals surface area contributed by atoms with Crippen LogP contribution in [0.5, 0.6) is 0 Å². The van der Waals surface area contributed by atoms with Gasteiger partial charge >= 0.3 is 6.09 Å². The number of hydrogen-bond acceptors (Lipinski definition) is 3. The van der Waals surface area contributed by atoms with Gasteiger partial charge in [-0.05, 0) is 44.9 Å². The summed E-state index contributed by atoms with van der Waals surface area (Å²) in [5.74, 6) is -0.224. The Morgan fingerprint density at radius 2 is 1.95 bits per heavy atom. The number of amides is 1. The van der Waals surface area contributed by atoms with Crippen LogP contribution in [0.2, 0.25) is 0 Å². The van der Waals surface area contributed by atoms with E-state index in [-0.39, 0.29) is 5.92 Å². The first-order valence-electron chi connectivity index (χ1n) is 6.49. The van der Waals surface area contributed by atoms with Crippen LogP contribution in [-0.4, -0.2) is 24.5 Å². The highest BCUT2D eigenvalue weighted by Gasteiger charge is 2.16. The van der Waals surface area contributed by atoms with Crippen molar-refractivity contribution in [1.82, 2.24) is 5.32 Å². The fraction of sp³-hybridized carbons (Fsp3) is 0.467.